The third-order valence-corrected chi connectivity index (χ3v) is 6.15. The summed E-state index contributed by atoms with van der Waals surface area (Å²) in [5.74, 6) is 1.89. The third-order valence-electron chi connectivity index (χ3n) is 6.15. The van der Waals surface area contributed by atoms with Gasteiger partial charge in [0.25, 0.3) is 0 Å². The van der Waals surface area contributed by atoms with Crippen LogP contribution in [0.15, 0.2) is 41.4 Å². The fourth-order valence-corrected chi connectivity index (χ4v) is 4.35. The first-order valence-electron chi connectivity index (χ1n) is 12.2. The van der Waals surface area contributed by atoms with Gasteiger partial charge in [0.15, 0.2) is 5.96 Å². The molecule has 4 rings (SSSR count). The van der Waals surface area contributed by atoms with Gasteiger partial charge in [-0.3, -0.25) is 4.99 Å². The molecule has 2 saturated heterocycles. The second-order valence-electron chi connectivity index (χ2n) is 8.56. The second kappa shape index (κ2) is 12.0. The molecule has 174 valence electrons. The molecule has 2 aliphatic heterocycles. The number of ether oxygens (including phenoxy) is 2. The highest BCUT2D eigenvalue weighted by atomic mass is 16.5. The predicted octanol–water partition coefficient (Wildman–Crippen LogP) is 3.66. The largest absolute Gasteiger partial charge is 0.376 e. The van der Waals surface area contributed by atoms with Gasteiger partial charge in [-0.1, -0.05) is 18.2 Å². The van der Waals surface area contributed by atoms with E-state index in [4.69, 9.17) is 14.5 Å². The van der Waals surface area contributed by atoms with E-state index in [1.165, 1.54) is 12.8 Å². The molecule has 3 heterocycles. The van der Waals surface area contributed by atoms with Crippen molar-refractivity contribution in [2.24, 2.45) is 4.99 Å². The second-order valence-corrected chi connectivity index (χ2v) is 8.56. The summed E-state index contributed by atoms with van der Waals surface area (Å²) in [5.41, 5.74) is 1.01. The van der Waals surface area contributed by atoms with Gasteiger partial charge in [0.2, 0.25) is 0 Å². The van der Waals surface area contributed by atoms with Crippen molar-refractivity contribution in [3.63, 3.8) is 0 Å². The minimum Gasteiger partial charge on any atom is -0.376 e. The summed E-state index contributed by atoms with van der Waals surface area (Å²) >= 11 is 0. The van der Waals surface area contributed by atoms with E-state index in [1.807, 2.05) is 24.3 Å². The molecule has 1 unspecified atom stereocenters. The van der Waals surface area contributed by atoms with Gasteiger partial charge in [0.05, 0.1) is 30.9 Å². The Morgan fingerprint density at radius 3 is 2.84 bits per heavy atom. The molecule has 2 N–H and O–H groups in total. The number of nitrogens with zero attached hydrogens (tertiary/aromatic N) is 3. The molecule has 1 aromatic heterocycles. The number of guanidine groups is 1. The summed E-state index contributed by atoms with van der Waals surface area (Å²) in [6.07, 6.45) is 6.30. The van der Waals surface area contributed by atoms with Gasteiger partial charge in [-0.25, -0.2) is 4.98 Å². The quantitative estimate of drug-likeness (QED) is 0.372. The van der Waals surface area contributed by atoms with Gasteiger partial charge in [-0.2, -0.15) is 0 Å². The molecule has 0 bridgehead atoms. The molecule has 7 nitrogen and oxygen atoms in total. The molecule has 2 aliphatic rings. The first-order chi connectivity index (χ1) is 15.8. The molecule has 0 saturated carbocycles. The highest BCUT2D eigenvalue weighted by molar-refractivity contribution is 5.80. The Morgan fingerprint density at radius 2 is 2.03 bits per heavy atom. The highest BCUT2D eigenvalue weighted by Crippen LogP contribution is 2.18. The van der Waals surface area contributed by atoms with Crippen LogP contribution in [-0.4, -0.2) is 74.0 Å². The van der Waals surface area contributed by atoms with Crippen LogP contribution < -0.4 is 10.6 Å². The van der Waals surface area contributed by atoms with E-state index in [0.29, 0.717) is 18.8 Å². The lowest BCUT2D eigenvalue weighted by atomic mass is 10.1. The minimum atomic E-state index is 0.297. The standard InChI is InChI=1S/C25H37N5O2/c1-2-26-25(28-15-14-27-24-11-10-20-7-3-4-9-23(20)29-24)30-16-12-21(13-17-30)32-19-22-8-5-6-18-31-22/h3-4,7,9-11,21-22H,2,5-6,8,12-19H2,1H3,(H,26,28)(H,27,29). The van der Waals surface area contributed by atoms with Gasteiger partial charge in [-0.15, -0.1) is 0 Å². The normalized spacial score (nSPS) is 20.5. The maximum atomic E-state index is 6.16. The Labute approximate surface area is 191 Å². The lowest BCUT2D eigenvalue weighted by Gasteiger charge is -2.35. The number of benzene rings is 1. The number of aromatic nitrogens is 1. The van der Waals surface area contributed by atoms with E-state index < -0.39 is 0 Å². The maximum absolute atomic E-state index is 6.16. The number of piperidine rings is 1. The smallest absolute Gasteiger partial charge is 0.193 e. The Bertz CT molecular complexity index is 860. The highest BCUT2D eigenvalue weighted by Gasteiger charge is 2.23. The molecule has 0 spiro atoms. The number of likely N-dealkylation sites (tertiary alicyclic amines) is 1. The van der Waals surface area contributed by atoms with E-state index in [-0.39, 0.29) is 0 Å². The van der Waals surface area contributed by atoms with Gasteiger partial charge in [0.1, 0.15) is 5.82 Å². The number of para-hydroxylation sites is 1. The summed E-state index contributed by atoms with van der Waals surface area (Å²) in [5, 5.41) is 8.00. The zero-order valence-corrected chi connectivity index (χ0v) is 19.3. The van der Waals surface area contributed by atoms with E-state index >= 15 is 0 Å². The summed E-state index contributed by atoms with van der Waals surface area (Å²) < 4.78 is 12.0. The van der Waals surface area contributed by atoms with Crippen LogP contribution in [0.4, 0.5) is 5.82 Å². The summed E-state index contributed by atoms with van der Waals surface area (Å²) in [6, 6.07) is 12.3. The third kappa shape index (κ3) is 6.56. The van der Waals surface area contributed by atoms with E-state index in [2.05, 4.69) is 39.6 Å². The Kier molecular flexibility index (Phi) is 8.56. The average molecular weight is 440 g/mol. The number of aliphatic imine (C=N–C) groups is 1. The van der Waals surface area contributed by atoms with Crippen molar-refractivity contribution in [3.05, 3.63) is 36.4 Å². The van der Waals surface area contributed by atoms with Crippen LogP contribution in [0.25, 0.3) is 10.9 Å². The van der Waals surface area contributed by atoms with Crippen LogP contribution in [0.1, 0.15) is 39.0 Å². The topological polar surface area (TPSA) is 71.0 Å². The zero-order valence-electron chi connectivity index (χ0n) is 19.3. The molecule has 0 amide bonds. The number of fused-ring (bicyclic) bond motifs is 1. The number of hydrogen-bond acceptors (Lipinski definition) is 5. The number of nitrogens with one attached hydrogen (secondary N) is 2. The molecule has 32 heavy (non-hydrogen) atoms. The van der Waals surface area contributed by atoms with E-state index in [9.17, 15) is 0 Å². The van der Waals surface area contributed by atoms with Crippen molar-refractivity contribution in [1.82, 2.24) is 15.2 Å². The average Bonchev–Trinajstić information content (AvgIpc) is 2.85. The van der Waals surface area contributed by atoms with Crippen LogP contribution in [0.3, 0.4) is 0 Å². The number of hydrogen-bond donors (Lipinski definition) is 2. The first-order valence-corrected chi connectivity index (χ1v) is 12.2. The van der Waals surface area contributed by atoms with E-state index in [1.54, 1.807) is 0 Å². The monoisotopic (exact) mass is 439 g/mol. The Hall–Kier alpha value is -2.38. The van der Waals surface area contributed by atoms with Crippen LogP contribution in [0.5, 0.6) is 0 Å². The van der Waals surface area contributed by atoms with Crippen molar-refractivity contribution in [1.29, 1.82) is 0 Å². The molecule has 2 aromatic rings. The van der Waals surface area contributed by atoms with Crippen molar-refractivity contribution in [3.8, 4) is 0 Å². The van der Waals surface area contributed by atoms with Crippen LogP contribution in [-0.2, 0) is 9.47 Å². The van der Waals surface area contributed by atoms with Crippen molar-refractivity contribution >= 4 is 22.7 Å². The molecule has 0 radical (unpaired) electrons. The van der Waals surface area contributed by atoms with Crippen molar-refractivity contribution < 1.29 is 9.47 Å². The van der Waals surface area contributed by atoms with Gasteiger partial charge in [0, 0.05) is 38.2 Å². The number of pyridine rings is 1. The van der Waals surface area contributed by atoms with Crippen LogP contribution in [0.2, 0.25) is 0 Å². The molecular formula is C25H37N5O2. The Morgan fingerprint density at radius 1 is 1.16 bits per heavy atom. The van der Waals surface area contributed by atoms with Crippen molar-refractivity contribution in [2.75, 3.05) is 51.3 Å². The maximum Gasteiger partial charge on any atom is 0.193 e. The summed E-state index contributed by atoms with van der Waals surface area (Å²) in [7, 11) is 0. The fourth-order valence-electron chi connectivity index (χ4n) is 4.35. The van der Waals surface area contributed by atoms with Crippen LogP contribution in [0, 0.1) is 0 Å². The number of rotatable bonds is 8. The van der Waals surface area contributed by atoms with Gasteiger partial charge >= 0.3 is 0 Å². The summed E-state index contributed by atoms with van der Waals surface area (Å²) in [4.78, 5) is 11.9. The van der Waals surface area contributed by atoms with Crippen molar-refractivity contribution in [2.45, 2.75) is 51.2 Å². The molecule has 7 heteroatoms. The van der Waals surface area contributed by atoms with Gasteiger partial charge in [-0.05, 0) is 57.2 Å². The van der Waals surface area contributed by atoms with Gasteiger partial charge < -0.3 is 25.0 Å². The number of anilines is 1. The van der Waals surface area contributed by atoms with Crippen LogP contribution >= 0.6 is 0 Å². The molecular weight excluding hydrogens is 402 g/mol. The summed E-state index contributed by atoms with van der Waals surface area (Å²) in [6.45, 7) is 8.02. The Balaban J connectivity index is 1.21. The molecule has 1 aromatic carbocycles. The predicted molar refractivity (Wildman–Crippen MR) is 130 cm³/mol. The zero-order chi connectivity index (χ0) is 22.0. The molecule has 0 aliphatic carbocycles. The first kappa shape index (κ1) is 22.8. The molecule has 1 atom stereocenters. The lowest BCUT2D eigenvalue weighted by Crippen LogP contribution is -2.47. The SMILES string of the molecule is CCNC(=NCCNc1ccc2ccccc2n1)N1CCC(OCC2CCCCO2)CC1. The molecule has 2 fully saturated rings. The van der Waals surface area contributed by atoms with E-state index in [0.717, 1.165) is 81.3 Å². The lowest BCUT2D eigenvalue weighted by molar-refractivity contribution is -0.0721. The minimum absolute atomic E-state index is 0.297. The fraction of sp³-hybridized carbons (Fsp3) is 0.600.